The van der Waals surface area contributed by atoms with E-state index < -0.39 is 15.4 Å². The monoisotopic (exact) mass is 439 g/mol. The van der Waals surface area contributed by atoms with Gasteiger partial charge in [-0.25, -0.2) is 8.42 Å². The zero-order valence-electron chi connectivity index (χ0n) is 16.4. The Morgan fingerprint density at radius 3 is 2.40 bits per heavy atom. The highest BCUT2D eigenvalue weighted by atomic mass is 32.2. The van der Waals surface area contributed by atoms with E-state index in [0.29, 0.717) is 23.6 Å². The van der Waals surface area contributed by atoms with Gasteiger partial charge in [0.1, 0.15) is 5.37 Å². The van der Waals surface area contributed by atoms with Crippen LogP contribution in [-0.4, -0.2) is 26.1 Å². The average molecular weight is 440 g/mol. The van der Waals surface area contributed by atoms with Crippen molar-refractivity contribution in [2.24, 2.45) is 0 Å². The Kier molecular flexibility index (Phi) is 4.97. The first-order valence-electron chi connectivity index (χ1n) is 9.75. The molecule has 1 unspecified atom stereocenters. The Balaban J connectivity index is 1.60. The van der Waals surface area contributed by atoms with Gasteiger partial charge in [0.2, 0.25) is 16.8 Å². The molecule has 0 saturated carbocycles. The molecule has 0 spiro atoms. The van der Waals surface area contributed by atoms with E-state index in [4.69, 9.17) is 9.47 Å². The van der Waals surface area contributed by atoms with Crippen LogP contribution in [-0.2, 0) is 16.4 Å². The van der Waals surface area contributed by atoms with Gasteiger partial charge in [0.05, 0.1) is 4.90 Å². The number of nitrogens with zero attached hydrogens (tertiary/aromatic N) is 1. The number of aryl methyl sites for hydroxylation is 1. The topological polar surface area (TPSA) is 55.8 Å². The summed E-state index contributed by atoms with van der Waals surface area (Å²) in [7, 11) is -3.66. The van der Waals surface area contributed by atoms with Crippen LogP contribution in [0.25, 0.3) is 0 Å². The summed E-state index contributed by atoms with van der Waals surface area (Å²) in [5.74, 6) is 1.40. The molecule has 2 heterocycles. The maximum atomic E-state index is 13.6. The molecule has 0 fully saturated rings. The number of sulfonamides is 1. The number of rotatable bonds is 4. The van der Waals surface area contributed by atoms with Crippen molar-refractivity contribution in [1.82, 2.24) is 4.31 Å². The van der Waals surface area contributed by atoms with Crippen molar-refractivity contribution >= 4 is 21.8 Å². The SMILES string of the molecule is Cc1ccc(S(=O)(=O)N2CCc3cc4c(cc3C2Sc2ccccc2)OCO4)cc1. The molecule has 3 aromatic carbocycles. The van der Waals surface area contributed by atoms with Crippen molar-refractivity contribution in [2.75, 3.05) is 13.3 Å². The van der Waals surface area contributed by atoms with Gasteiger partial charge in [-0.05, 0) is 60.9 Å². The van der Waals surface area contributed by atoms with Crippen LogP contribution < -0.4 is 9.47 Å². The molecule has 1 atom stereocenters. The number of thioether (sulfide) groups is 1. The molecule has 0 aliphatic carbocycles. The molecule has 0 N–H and O–H groups in total. The molecule has 0 saturated heterocycles. The maximum absolute atomic E-state index is 13.6. The average Bonchev–Trinajstić information content (AvgIpc) is 3.21. The summed E-state index contributed by atoms with van der Waals surface area (Å²) in [6.45, 7) is 2.55. The summed E-state index contributed by atoms with van der Waals surface area (Å²) in [6.07, 6.45) is 0.628. The van der Waals surface area contributed by atoms with Gasteiger partial charge in [-0.15, -0.1) is 11.8 Å². The molecule has 0 aromatic heterocycles. The highest BCUT2D eigenvalue weighted by Crippen LogP contribution is 2.48. The lowest BCUT2D eigenvalue weighted by Crippen LogP contribution is -2.38. The number of hydrogen-bond donors (Lipinski definition) is 0. The molecule has 0 radical (unpaired) electrons. The summed E-state index contributed by atoms with van der Waals surface area (Å²) in [5.41, 5.74) is 3.08. The fraction of sp³-hybridized carbons (Fsp3) is 0.217. The molecular weight excluding hydrogens is 418 g/mol. The third kappa shape index (κ3) is 3.47. The van der Waals surface area contributed by atoms with Crippen LogP contribution in [0, 0.1) is 6.92 Å². The van der Waals surface area contributed by atoms with Crippen LogP contribution in [0.5, 0.6) is 11.5 Å². The van der Waals surface area contributed by atoms with Crippen LogP contribution in [0.2, 0.25) is 0 Å². The lowest BCUT2D eigenvalue weighted by molar-refractivity contribution is 0.174. The Morgan fingerprint density at radius 2 is 1.67 bits per heavy atom. The number of ether oxygens (including phenoxy) is 2. The predicted molar refractivity (Wildman–Crippen MR) is 116 cm³/mol. The molecule has 2 aliphatic rings. The van der Waals surface area contributed by atoms with Gasteiger partial charge in [-0.2, -0.15) is 4.31 Å². The van der Waals surface area contributed by atoms with E-state index >= 15 is 0 Å². The molecule has 30 heavy (non-hydrogen) atoms. The van der Waals surface area contributed by atoms with Gasteiger partial charge in [0.25, 0.3) is 0 Å². The Labute approximate surface area is 180 Å². The summed E-state index contributed by atoms with van der Waals surface area (Å²) < 4.78 is 39.9. The van der Waals surface area contributed by atoms with Crippen molar-refractivity contribution in [2.45, 2.75) is 28.5 Å². The summed E-state index contributed by atoms with van der Waals surface area (Å²) in [6, 6.07) is 20.9. The van der Waals surface area contributed by atoms with Crippen molar-refractivity contribution in [3.8, 4) is 11.5 Å². The summed E-state index contributed by atoms with van der Waals surface area (Å²) in [4.78, 5) is 1.33. The summed E-state index contributed by atoms with van der Waals surface area (Å²) >= 11 is 1.54. The second kappa shape index (κ2) is 7.65. The smallest absolute Gasteiger partial charge is 0.244 e. The lowest BCUT2D eigenvalue weighted by Gasteiger charge is -2.36. The van der Waals surface area contributed by atoms with Gasteiger partial charge < -0.3 is 9.47 Å². The standard InChI is InChI=1S/C23H21NO4S2/c1-16-7-9-19(10-8-16)30(25,26)24-12-11-17-13-21-22(28-15-27-21)14-20(17)23(24)29-18-5-3-2-4-6-18/h2-10,13-14,23H,11-12,15H2,1H3. The zero-order valence-corrected chi connectivity index (χ0v) is 18.1. The fourth-order valence-corrected chi connectivity index (χ4v) is 6.85. The predicted octanol–water partition coefficient (Wildman–Crippen LogP) is 4.76. The Hall–Kier alpha value is -2.48. The first-order valence-corrected chi connectivity index (χ1v) is 12.1. The van der Waals surface area contributed by atoms with Crippen LogP contribution in [0.4, 0.5) is 0 Å². The highest BCUT2D eigenvalue weighted by molar-refractivity contribution is 8.00. The number of benzene rings is 3. The number of fused-ring (bicyclic) bond motifs is 2. The lowest BCUT2D eigenvalue weighted by atomic mass is 10.00. The minimum Gasteiger partial charge on any atom is -0.454 e. The van der Waals surface area contributed by atoms with Crippen LogP contribution in [0.1, 0.15) is 22.1 Å². The molecule has 5 rings (SSSR count). The van der Waals surface area contributed by atoms with Gasteiger partial charge in [0, 0.05) is 11.4 Å². The van der Waals surface area contributed by atoms with E-state index in [2.05, 4.69) is 0 Å². The second-order valence-corrected chi connectivity index (χ2v) is 10.4. The minimum atomic E-state index is -3.66. The second-order valence-electron chi connectivity index (χ2n) is 7.37. The minimum absolute atomic E-state index is 0.195. The van der Waals surface area contributed by atoms with Crippen molar-refractivity contribution in [3.63, 3.8) is 0 Å². The molecule has 7 heteroatoms. The number of hydrogen-bond acceptors (Lipinski definition) is 5. The van der Waals surface area contributed by atoms with Gasteiger partial charge in [-0.1, -0.05) is 35.9 Å². The maximum Gasteiger partial charge on any atom is 0.244 e. The normalized spacial score (nSPS) is 18.2. The Bertz CT molecular complexity index is 1180. The van der Waals surface area contributed by atoms with E-state index in [-0.39, 0.29) is 6.79 Å². The molecule has 3 aromatic rings. The van der Waals surface area contributed by atoms with Crippen LogP contribution >= 0.6 is 11.8 Å². The van der Waals surface area contributed by atoms with Crippen molar-refractivity contribution < 1.29 is 17.9 Å². The molecule has 154 valence electrons. The molecule has 0 bridgehead atoms. The Morgan fingerprint density at radius 1 is 0.967 bits per heavy atom. The molecular formula is C23H21NO4S2. The first-order chi connectivity index (χ1) is 14.5. The molecule has 5 nitrogen and oxygen atoms in total. The van der Waals surface area contributed by atoms with Crippen molar-refractivity contribution in [3.05, 3.63) is 83.4 Å². The van der Waals surface area contributed by atoms with E-state index in [1.807, 2.05) is 61.5 Å². The van der Waals surface area contributed by atoms with Gasteiger partial charge >= 0.3 is 0 Å². The highest BCUT2D eigenvalue weighted by Gasteiger charge is 2.38. The van der Waals surface area contributed by atoms with Crippen LogP contribution in [0.3, 0.4) is 0 Å². The first kappa shape index (κ1) is 19.5. The van der Waals surface area contributed by atoms with E-state index in [1.165, 1.54) is 11.8 Å². The van der Waals surface area contributed by atoms with Crippen LogP contribution in [0.15, 0.2) is 76.5 Å². The van der Waals surface area contributed by atoms with E-state index in [0.717, 1.165) is 27.3 Å². The largest absolute Gasteiger partial charge is 0.454 e. The third-order valence-corrected chi connectivity index (χ3v) is 8.67. The molecule has 2 aliphatic heterocycles. The zero-order chi connectivity index (χ0) is 20.7. The van der Waals surface area contributed by atoms with Gasteiger partial charge in [0.15, 0.2) is 11.5 Å². The van der Waals surface area contributed by atoms with Crippen molar-refractivity contribution in [1.29, 1.82) is 0 Å². The molecule has 0 amide bonds. The quantitative estimate of drug-likeness (QED) is 0.587. The van der Waals surface area contributed by atoms with E-state index in [1.54, 1.807) is 16.4 Å². The summed E-state index contributed by atoms with van der Waals surface area (Å²) in [5, 5.41) is -0.392. The third-order valence-electron chi connectivity index (χ3n) is 5.38. The fourth-order valence-electron chi connectivity index (χ4n) is 3.79. The van der Waals surface area contributed by atoms with Gasteiger partial charge in [-0.3, -0.25) is 0 Å². The van der Waals surface area contributed by atoms with E-state index in [9.17, 15) is 8.42 Å².